The molecule has 2 rings (SSSR count). The summed E-state index contributed by atoms with van der Waals surface area (Å²) in [5.74, 6) is 0.803. The molecule has 0 saturated heterocycles. The number of amides is 1. The summed E-state index contributed by atoms with van der Waals surface area (Å²) in [6.07, 6.45) is 1.32. The van der Waals surface area contributed by atoms with Crippen molar-refractivity contribution in [3.05, 3.63) is 53.7 Å². The van der Waals surface area contributed by atoms with Gasteiger partial charge in [-0.25, -0.2) is 9.78 Å². The third-order valence-electron chi connectivity index (χ3n) is 3.01. The highest BCUT2D eigenvalue weighted by Gasteiger charge is 2.15. The van der Waals surface area contributed by atoms with Gasteiger partial charge in [-0.2, -0.15) is 0 Å². The van der Waals surface area contributed by atoms with Crippen molar-refractivity contribution < 1.29 is 9.53 Å². The molecule has 1 aromatic heterocycles. The molecular weight excluding hydrogens is 290 g/mol. The Bertz CT molecular complexity index is 664. The lowest BCUT2D eigenvalue weighted by atomic mass is 10.2. The van der Waals surface area contributed by atoms with Crippen LogP contribution >= 0.6 is 0 Å². The van der Waals surface area contributed by atoms with Gasteiger partial charge < -0.3 is 15.4 Å². The van der Waals surface area contributed by atoms with Crippen molar-refractivity contribution in [2.75, 3.05) is 5.32 Å². The molecule has 0 aliphatic heterocycles. The number of ether oxygens (including phenoxy) is 1. The number of alkyl carbamates (subject to hydrolysis) is 1. The molecule has 0 spiro atoms. The molecule has 0 fully saturated rings. The smallest absolute Gasteiger partial charge is 0.407 e. The fourth-order valence-corrected chi connectivity index (χ4v) is 2.01. The van der Waals surface area contributed by atoms with Crippen LogP contribution in [-0.4, -0.2) is 16.7 Å². The number of aromatic nitrogens is 1. The highest BCUT2D eigenvalue weighted by molar-refractivity contribution is 5.67. The minimum Gasteiger partial charge on any atom is -0.444 e. The molecule has 2 N–H and O–H groups in total. The van der Waals surface area contributed by atoms with Gasteiger partial charge in [0.25, 0.3) is 0 Å². The van der Waals surface area contributed by atoms with E-state index in [1.807, 2.05) is 64.1 Å². The lowest BCUT2D eigenvalue weighted by Gasteiger charge is -2.19. The number of benzene rings is 1. The first-order valence-electron chi connectivity index (χ1n) is 7.58. The molecule has 0 saturated carbocycles. The number of hydrogen-bond donors (Lipinski definition) is 2. The van der Waals surface area contributed by atoms with Gasteiger partial charge in [0.1, 0.15) is 11.4 Å². The maximum absolute atomic E-state index is 11.7. The Morgan fingerprint density at radius 2 is 1.91 bits per heavy atom. The van der Waals surface area contributed by atoms with E-state index in [9.17, 15) is 4.79 Å². The zero-order chi connectivity index (χ0) is 16.9. The molecule has 23 heavy (non-hydrogen) atoms. The van der Waals surface area contributed by atoms with Crippen LogP contribution in [0, 0.1) is 6.92 Å². The van der Waals surface area contributed by atoms with E-state index >= 15 is 0 Å². The molecule has 0 radical (unpaired) electrons. The molecule has 122 valence electrons. The van der Waals surface area contributed by atoms with Crippen LogP contribution in [0.3, 0.4) is 0 Å². The number of carbonyl (C=O) groups is 1. The summed E-state index contributed by atoms with van der Waals surface area (Å²) in [7, 11) is 0. The molecule has 1 aromatic carbocycles. The van der Waals surface area contributed by atoms with Crippen molar-refractivity contribution in [3.8, 4) is 0 Å². The molecule has 1 amide bonds. The van der Waals surface area contributed by atoms with E-state index in [0.29, 0.717) is 6.54 Å². The lowest BCUT2D eigenvalue weighted by Crippen LogP contribution is -2.32. The Hall–Kier alpha value is -2.56. The van der Waals surface area contributed by atoms with Gasteiger partial charge >= 0.3 is 6.09 Å². The van der Waals surface area contributed by atoms with Crippen LogP contribution in [0.15, 0.2) is 42.6 Å². The number of anilines is 2. The van der Waals surface area contributed by atoms with E-state index in [-0.39, 0.29) is 0 Å². The zero-order valence-electron chi connectivity index (χ0n) is 14.0. The highest BCUT2D eigenvalue weighted by atomic mass is 16.6. The molecule has 0 unspecified atom stereocenters. The highest BCUT2D eigenvalue weighted by Crippen LogP contribution is 2.18. The predicted octanol–water partition coefficient (Wildman–Crippen LogP) is 4.16. The minimum absolute atomic E-state index is 0.383. The fraction of sp³-hybridized carbons (Fsp3) is 0.333. The van der Waals surface area contributed by atoms with Gasteiger partial charge in [-0.3, -0.25) is 0 Å². The van der Waals surface area contributed by atoms with Crippen LogP contribution in [0.25, 0.3) is 0 Å². The largest absolute Gasteiger partial charge is 0.444 e. The summed E-state index contributed by atoms with van der Waals surface area (Å²) >= 11 is 0. The predicted molar refractivity (Wildman–Crippen MR) is 91.8 cm³/mol. The first-order chi connectivity index (χ1) is 10.8. The zero-order valence-corrected chi connectivity index (χ0v) is 14.0. The molecule has 5 heteroatoms. The summed E-state index contributed by atoms with van der Waals surface area (Å²) in [6, 6.07) is 11.9. The molecule has 0 aliphatic carbocycles. The maximum Gasteiger partial charge on any atom is 0.407 e. The van der Waals surface area contributed by atoms with Crippen molar-refractivity contribution in [3.63, 3.8) is 0 Å². The van der Waals surface area contributed by atoms with Crippen LogP contribution in [0.4, 0.5) is 16.3 Å². The quantitative estimate of drug-likeness (QED) is 0.889. The number of hydrogen-bond acceptors (Lipinski definition) is 4. The van der Waals surface area contributed by atoms with Crippen LogP contribution < -0.4 is 10.6 Å². The number of pyridine rings is 1. The number of aryl methyl sites for hydroxylation is 1. The van der Waals surface area contributed by atoms with Crippen LogP contribution in [0.1, 0.15) is 31.9 Å². The third kappa shape index (κ3) is 5.62. The van der Waals surface area contributed by atoms with Crippen molar-refractivity contribution in [2.24, 2.45) is 0 Å². The summed E-state index contributed by atoms with van der Waals surface area (Å²) in [5, 5.41) is 6.00. The van der Waals surface area contributed by atoms with Crippen molar-refractivity contribution in [1.82, 2.24) is 10.3 Å². The Kier molecular flexibility index (Phi) is 5.21. The van der Waals surface area contributed by atoms with E-state index < -0.39 is 11.7 Å². The summed E-state index contributed by atoms with van der Waals surface area (Å²) in [5.41, 5.74) is 2.42. The third-order valence-corrected chi connectivity index (χ3v) is 3.01. The molecule has 2 aromatic rings. The topological polar surface area (TPSA) is 63.2 Å². The molecular formula is C18H23N3O2. The number of rotatable bonds is 4. The van der Waals surface area contributed by atoms with Gasteiger partial charge in [0.2, 0.25) is 0 Å². The average molecular weight is 313 g/mol. The van der Waals surface area contributed by atoms with Gasteiger partial charge in [-0.15, -0.1) is 0 Å². The van der Waals surface area contributed by atoms with Crippen molar-refractivity contribution in [2.45, 2.75) is 39.8 Å². The van der Waals surface area contributed by atoms with E-state index in [1.165, 1.54) is 0 Å². The Morgan fingerprint density at radius 1 is 1.22 bits per heavy atom. The second-order valence-electron chi connectivity index (χ2n) is 6.36. The first-order valence-corrected chi connectivity index (χ1v) is 7.58. The average Bonchev–Trinajstić information content (AvgIpc) is 2.47. The SMILES string of the molecule is Cc1cc(CNC(=O)OC(C)(C)C)cnc1Nc1ccccc1. The van der Waals surface area contributed by atoms with E-state index in [1.54, 1.807) is 6.20 Å². The normalized spacial score (nSPS) is 11.0. The summed E-state index contributed by atoms with van der Waals surface area (Å²) < 4.78 is 5.21. The fourth-order valence-electron chi connectivity index (χ4n) is 2.01. The van der Waals surface area contributed by atoms with E-state index in [2.05, 4.69) is 15.6 Å². The first kappa shape index (κ1) is 16.8. The number of nitrogens with zero attached hydrogens (tertiary/aromatic N) is 1. The molecule has 1 heterocycles. The summed E-state index contributed by atoms with van der Waals surface area (Å²) in [4.78, 5) is 16.1. The van der Waals surface area contributed by atoms with Crippen molar-refractivity contribution >= 4 is 17.6 Å². The standard InChI is InChI=1S/C18H23N3O2/c1-13-10-14(12-20-17(22)23-18(2,3)4)11-19-16(13)21-15-8-6-5-7-9-15/h5-11H,12H2,1-4H3,(H,19,21)(H,20,22). The monoisotopic (exact) mass is 313 g/mol. The van der Waals surface area contributed by atoms with Gasteiger partial charge in [0.15, 0.2) is 0 Å². The molecule has 5 nitrogen and oxygen atoms in total. The van der Waals surface area contributed by atoms with E-state index in [4.69, 9.17) is 4.74 Å². The number of carbonyl (C=O) groups excluding carboxylic acids is 1. The van der Waals surface area contributed by atoms with Crippen molar-refractivity contribution in [1.29, 1.82) is 0 Å². The van der Waals surface area contributed by atoms with Gasteiger partial charge in [-0.1, -0.05) is 18.2 Å². The molecule has 0 atom stereocenters. The molecule has 0 bridgehead atoms. The number of para-hydroxylation sites is 1. The maximum atomic E-state index is 11.7. The van der Waals surface area contributed by atoms with Crippen LogP contribution in [0.5, 0.6) is 0 Å². The van der Waals surface area contributed by atoms with Gasteiger partial charge in [-0.05, 0) is 57.0 Å². The van der Waals surface area contributed by atoms with E-state index in [0.717, 1.165) is 22.6 Å². The second kappa shape index (κ2) is 7.13. The summed E-state index contributed by atoms with van der Waals surface area (Å²) in [6.45, 7) is 7.87. The Balaban J connectivity index is 1.95. The van der Waals surface area contributed by atoms with Crippen LogP contribution in [0.2, 0.25) is 0 Å². The number of nitrogens with one attached hydrogen (secondary N) is 2. The lowest BCUT2D eigenvalue weighted by molar-refractivity contribution is 0.0523. The Morgan fingerprint density at radius 3 is 2.52 bits per heavy atom. The minimum atomic E-state index is -0.498. The Labute approximate surface area is 137 Å². The molecule has 0 aliphatic rings. The van der Waals surface area contributed by atoms with Gasteiger partial charge in [0.05, 0.1) is 0 Å². The second-order valence-corrected chi connectivity index (χ2v) is 6.36. The van der Waals surface area contributed by atoms with Crippen LogP contribution in [-0.2, 0) is 11.3 Å². The van der Waals surface area contributed by atoms with Gasteiger partial charge in [0, 0.05) is 18.4 Å².